The molecule has 0 unspecified atom stereocenters. The maximum atomic E-state index is 4.22. The third-order valence-electron chi connectivity index (χ3n) is 11.8. The Morgan fingerprint density at radius 3 is 1.71 bits per heavy atom. The quantitative estimate of drug-likeness (QED) is 0.0826. The van der Waals surface area contributed by atoms with Gasteiger partial charge in [-0.1, -0.05) is 159 Å². The summed E-state index contributed by atoms with van der Waals surface area (Å²) in [5.74, 6) is 0. The summed E-state index contributed by atoms with van der Waals surface area (Å²) in [7, 11) is 0. The Morgan fingerprint density at radius 1 is 0.424 bits per heavy atom. The average molecular weight is 754 g/mol. The lowest BCUT2D eigenvalue weighted by atomic mass is 9.98. The third-order valence-corrected chi connectivity index (χ3v) is 11.8. The monoisotopic (exact) mass is 753 g/mol. The van der Waals surface area contributed by atoms with Gasteiger partial charge < -0.3 is 14.2 Å². The highest BCUT2D eigenvalue weighted by Crippen LogP contribution is 2.50. The van der Waals surface area contributed by atoms with Gasteiger partial charge in [-0.25, -0.2) is 0 Å². The van der Waals surface area contributed by atoms with E-state index < -0.39 is 0 Å². The van der Waals surface area contributed by atoms with Crippen LogP contribution in [0.3, 0.4) is 0 Å². The number of anilines is 6. The van der Waals surface area contributed by atoms with Crippen molar-refractivity contribution in [1.29, 1.82) is 0 Å². The Hall–Kier alpha value is -7.88. The molecular formula is C56H39N3. The number of pyridine rings is 1. The van der Waals surface area contributed by atoms with E-state index in [-0.39, 0.29) is 0 Å². The second-order valence-electron chi connectivity index (χ2n) is 15.1. The second kappa shape index (κ2) is 13.9. The molecule has 0 spiro atoms. The van der Waals surface area contributed by atoms with E-state index in [9.17, 15) is 0 Å². The summed E-state index contributed by atoms with van der Waals surface area (Å²) in [6.45, 7) is 8.20. The molecule has 3 heteroatoms. The van der Waals surface area contributed by atoms with Gasteiger partial charge in [0.15, 0.2) is 0 Å². The van der Waals surface area contributed by atoms with E-state index in [2.05, 4.69) is 234 Å². The molecule has 2 heterocycles. The topological polar surface area (TPSA) is 10.9 Å². The first kappa shape index (κ1) is 34.4. The van der Waals surface area contributed by atoms with Gasteiger partial charge in [0.05, 0.1) is 27.9 Å². The molecule has 0 saturated heterocycles. The molecule has 2 aromatic heterocycles. The van der Waals surface area contributed by atoms with Gasteiger partial charge in [-0.2, -0.15) is 0 Å². The number of nitrogens with zero attached hydrogens (tertiary/aromatic N) is 3. The highest BCUT2D eigenvalue weighted by Gasteiger charge is 2.26. The molecule has 0 aliphatic rings. The fraction of sp³-hybridized carbons (Fsp3) is 0. The minimum absolute atomic E-state index is 0.896. The molecule has 0 N–H and O–H groups in total. The van der Waals surface area contributed by atoms with E-state index in [1.807, 2.05) is 6.08 Å². The molecule has 11 aromatic rings. The zero-order valence-corrected chi connectivity index (χ0v) is 32.5. The zero-order chi connectivity index (χ0) is 39.5. The molecule has 59 heavy (non-hydrogen) atoms. The molecule has 0 radical (unpaired) electrons. The number of benzene rings is 9. The van der Waals surface area contributed by atoms with E-state index in [4.69, 9.17) is 0 Å². The van der Waals surface area contributed by atoms with Gasteiger partial charge in [0.25, 0.3) is 0 Å². The Morgan fingerprint density at radius 2 is 1.00 bits per heavy atom. The molecule has 3 nitrogen and oxygen atoms in total. The van der Waals surface area contributed by atoms with E-state index in [0.717, 1.165) is 50.8 Å². The maximum Gasteiger partial charge on any atom is 0.0626 e. The van der Waals surface area contributed by atoms with Gasteiger partial charge in [0.2, 0.25) is 0 Å². The van der Waals surface area contributed by atoms with Crippen molar-refractivity contribution in [3.63, 3.8) is 0 Å². The lowest BCUT2D eigenvalue weighted by molar-refractivity contribution is 1.25. The molecule has 9 aromatic carbocycles. The first-order chi connectivity index (χ1) is 29.2. The van der Waals surface area contributed by atoms with Crippen LogP contribution in [0.15, 0.2) is 225 Å². The van der Waals surface area contributed by atoms with Crippen LogP contribution in [-0.4, -0.2) is 4.40 Å². The van der Waals surface area contributed by atoms with Crippen molar-refractivity contribution in [2.75, 3.05) is 9.80 Å². The summed E-state index contributed by atoms with van der Waals surface area (Å²) in [5, 5.41) is 7.43. The number of para-hydroxylation sites is 3. The first-order valence-corrected chi connectivity index (χ1v) is 20.1. The molecule has 0 saturated carbocycles. The summed E-state index contributed by atoms with van der Waals surface area (Å²) in [6, 6.07) is 74.6. The predicted molar refractivity (Wildman–Crippen MR) is 253 cm³/mol. The fourth-order valence-corrected chi connectivity index (χ4v) is 9.05. The minimum atomic E-state index is 0.896. The first-order valence-electron chi connectivity index (χ1n) is 20.1. The smallest absolute Gasteiger partial charge is 0.0626 e. The molecule has 0 amide bonds. The van der Waals surface area contributed by atoms with E-state index in [1.54, 1.807) is 0 Å². The lowest BCUT2D eigenvalue weighted by Gasteiger charge is -2.30. The van der Waals surface area contributed by atoms with E-state index >= 15 is 0 Å². The Labute approximate surface area is 343 Å². The van der Waals surface area contributed by atoms with Crippen LogP contribution >= 0.6 is 0 Å². The normalized spacial score (nSPS) is 11.5. The fourth-order valence-electron chi connectivity index (χ4n) is 9.05. The summed E-state index contributed by atoms with van der Waals surface area (Å²) < 4.78 is 2.52. The van der Waals surface area contributed by atoms with Gasteiger partial charge >= 0.3 is 0 Å². The summed E-state index contributed by atoms with van der Waals surface area (Å²) in [5.41, 5.74) is 14.3. The molecule has 278 valence electrons. The molecule has 0 aliphatic heterocycles. The highest BCUT2D eigenvalue weighted by molar-refractivity contribution is 6.30. The van der Waals surface area contributed by atoms with Crippen LogP contribution in [-0.2, 0) is 0 Å². The zero-order valence-electron chi connectivity index (χ0n) is 32.5. The molecule has 0 fully saturated rings. The van der Waals surface area contributed by atoms with E-state index in [1.165, 1.54) is 54.5 Å². The van der Waals surface area contributed by atoms with Crippen molar-refractivity contribution in [2.24, 2.45) is 0 Å². The number of allylic oxidation sites excluding steroid dienone is 2. The van der Waals surface area contributed by atoms with Gasteiger partial charge in [-0.3, -0.25) is 0 Å². The van der Waals surface area contributed by atoms with Crippen LogP contribution in [0.25, 0.3) is 65.6 Å². The van der Waals surface area contributed by atoms with Crippen molar-refractivity contribution >= 4 is 88.6 Å². The van der Waals surface area contributed by atoms with Gasteiger partial charge in [-0.15, -0.1) is 0 Å². The Balaban J connectivity index is 1.28. The van der Waals surface area contributed by atoms with Crippen LogP contribution in [0.2, 0.25) is 0 Å². The number of hydrogen-bond donors (Lipinski definition) is 0. The average Bonchev–Trinajstić information content (AvgIpc) is 3.65. The third kappa shape index (κ3) is 5.59. The number of aromatic nitrogens is 1. The molecule has 0 aliphatic carbocycles. The van der Waals surface area contributed by atoms with Gasteiger partial charge in [0.1, 0.15) is 0 Å². The SMILES string of the molecule is C=CC(=C)c1ccc(N(c2ccccc2)c2cc(N(c3ccccc3)c3ccc(-c4ccccc4)cc3)c3c4ccc5cccc6c7ccccc7n(c3c2)c4c56)cc1. The van der Waals surface area contributed by atoms with Crippen molar-refractivity contribution in [3.05, 3.63) is 231 Å². The standard InChI is InChI=1S/C56H39N3/c1-3-38(2)39-26-31-45(32-27-39)57(43-19-9-5-10-20-43)47-36-52(58(44-21-11-6-12-22-44)46-33-28-41(29-34-46)40-16-7-4-8-17-40)55-50-35-30-42-18-15-24-49-48-23-13-14-25-51(48)59(53(55)37-47)56(50)54(42)49/h3-37H,1-2H2. The number of rotatable bonds is 9. The van der Waals surface area contributed by atoms with Crippen molar-refractivity contribution in [2.45, 2.75) is 0 Å². The maximum absolute atomic E-state index is 4.22. The largest absolute Gasteiger partial charge is 0.310 e. The van der Waals surface area contributed by atoms with Gasteiger partial charge in [-0.05, 0) is 99.8 Å². The molecule has 11 rings (SSSR count). The van der Waals surface area contributed by atoms with Crippen molar-refractivity contribution in [1.82, 2.24) is 4.40 Å². The summed E-state index contributed by atoms with van der Waals surface area (Å²) >= 11 is 0. The van der Waals surface area contributed by atoms with Crippen LogP contribution in [0.4, 0.5) is 34.1 Å². The predicted octanol–water partition coefficient (Wildman–Crippen LogP) is 15.8. The highest BCUT2D eigenvalue weighted by atomic mass is 15.2. The molecule has 0 atom stereocenters. The molecule has 0 bridgehead atoms. The Bertz CT molecular complexity index is 3330. The summed E-state index contributed by atoms with van der Waals surface area (Å²) in [6.07, 6.45) is 1.81. The Kier molecular flexibility index (Phi) is 8.13. The summed E-state index contributed by atoms with van der Waals surface area (Å²) in [4.78, 5) is 4.80. The van der Waals surface area contributed by atoms with Crippen molar-refractivity contribution in [3.8, 4) is 11.1 Å². The number of fused-ring (bicyclic) bond motifs is 6. The van der Waals surface area contributed by atoms with Crippen LogP contribution in [0, 0.1) is 0 Å². The lowest BCUT2D eigenvalue weighted by Crippen LogP contribution is -2.14. The number of hydrogen-bond acceptors (Lipinski definition) is 2. The van der Waals surface area contributed by atoms with Crippen LogP contribution in [0.5, 0.6) is 0 Å². The van der Waals surface area contributed by atoms with E-state index in [0.29, 0.717) is 0 Å². The van der Waals surface area contributed by atoms with Crippen LogP contribution < -0.4 is 9.80 Å². The van der Waals surface area contributed by atoms with Gasteiger partial charge in [0, 0.05) is 44.3 Å². The second-order valence-corrected chi connectivity index (χ2v) is 15.1. The van der Waals surface area contributed by atoms with Crippen molar-refractivity contribution < 1.29 is 0 Å². The molecular weight excluding hydrogens is 715 g/mol. The van der Waals surface area contributed by atoms with Crippen LogP contribution in [0.1, 0.15) is 5.56 Å². The minimum Gasteiger partial charge on any atom is -0.310 e.